The molecule has 0 radical (unpaired) electrons. The number of nitrogens with zero attached hydrogens (tertiary/aromatic N) is 1. The molecule has 2 heterocycles. The first-order valence-electron chi connectivity index (χ1n) is 10.1. The van der Waals surface area contributed by atoms with Crippen LogP contribution >= 0.6 is 0 Å². The summed E-state index contributed by atoms with van der Waals surface area (Å²) in [5.41, 5.74) is -0.861. The zero-order valence-electron chi connectivity index (χ0n) is 17.9. The van der Waals surface area contributed by atoms with Gasteiger partial charge < -0.3 is 14.0 Å². The lowest BCUT2D eigenvalue weighted by Gasteiger charge is -2.32. The largest absolute Gasteiger partial charge is 0.497 e. The van der Waals surface area contributed by atoms with Crippen molar-refractivity contribution in [2.24, 2.45) is 0 Å². The van der Waals surface area contributed by atoms with Crippen molar-refractivity contribution in [1.29, 1.82) is 0 Å². The normalized spacial score (nSPS) is 17.5. The highest BCUT2D eigenvalue weighted by molar-refractivity contribution is 6.62. The number of pyridine rings is 1. The molecular formula is C23H25BFNO4. The second kappa shape index (κ2) is 7.25. The van der Waals surface area contributed by atoms with Gasteiger partial charge in [0.1, 0.15) is 11.6 Å². The first kappa shape index (κ1) is 20.6. The molecule has 3 aromatic rings. The lowest BCUT2D eigenvalue weighted by atomic mass is 9.77. The lowest BCUT2D eigenvalue weighted by Crippen LogP contribution is -2.41. The van der Waals surface area contributed by atoms with Crippen molar-refractivity contribution < 1.29 is 18.4 Å². The summed E-state index contributed by atoms with van der Waals surface area (Å²) < 4.78 is 34.9. The molecule has 0 spiro atoms. The van der Waals surface area contributed by atoms with Crippen LogP contribution in [0.25, 0.3) is 16.5 Å². The fourth-order valence-corrected chi connectivity index (χ4v) is 3.58. The number of ether oxygens (including phenoxy) is 1. The fraction of sp³-hybridized carbons (Fsp3) is 0.348. The Morgan fingerprint density at radius 1 is 1.03 bits per heavy atom. The average molecular weight is 409 g/mol. The Morgan fingerprint density at radius 2 is 1.67 bits per heavy atom. The molecule has 156 valence electrons. The summed E-state index contributed by atoms with van der Waals surface area (Å²) in [7, 11) is -0.903. The van der Waals surface area contributed by atoms with E-state index in [2.05, 4.69) is 0 Å². The van der Waals surface area contributed by atoms with Gasteiger partial charge in [-0.15, -0.1) is 0 Å². The van der Waals surface area contributed by atoms with Gasteiger partial charge in [-0.25, -0.2) is 4.39 Å². The van der Waals surface area contributed by atoms with E-state index in [-0.39, 0.29) is 10.8 Å². The molecule has 0 aliphatic carbocycles. The number of hydrogen-bond donors (Lipinski definition) is 0. The van der Waals surface area contributed by atoms with E-state index >= 15 is 4.39 Å². The Kier molecular flexibility index (Phi) is 4.99. The summed E-state index contributed by atoms with van der Waals surface area (Å²) in [5.74, 6) is -0.211. The van der Waals surface area contributed by atoms with E-state index in [0.29, 0.717) is 23.4 Å². The van der Waals surface area contributed by atoms with Crippen molar-refractivity contribution >= 4 is 23.4 Å². The van der Waals surface area contributed by atoms with Gasteiger partial charge in [0.15, 0.2) is 0 Å². The minimum Gasteiger partial charge on any atom is -0.492 e. The smallest absolute Gasteiger partial charge is 0.492 e. The van der Waals surface area contributed by atoms with Crippen molar-refractivity contribution in [3.05, 3.63) is 64.8 Å². The molecule has 0 amide bonds. The van der Waals surface area contributed by atoms with Gasteiger partial charge >= 0.3 is 7.12 Å². The highest BCUT2D eigenvalue weighted by atomic mass is 19.1. The molecule has 5 nitrogen and oxygen atoms in total. The molecule has 0 N–H and O–H groups in total. The van der Waals surface area contributed by atoms with E-state index in [1.807, 2.05) is 52.8 Å². The molecule has 1 saturated heterocycles. The van der Waals surface area contributed by atoms with Gasteiger partial charge in [0.2, 0.25) is 0 Å². The van der Waals surface area contributed by atoms with Gasteiger partial charge in [0, 0.05) is 16.5 Å². The highest BCUT2D eigenvalue weighted by Gasteiger charge is 2.52. The summed E-state index contributed by atoms with van der Waals surface area (Å²) in [6.45, 7) is 9.85. The molecule has 4 rings (SSSR count). The van der Waals surface area contributed by atoms with Gasteiger partial charge in [-0.1, -0.05) is 30.3 Å². The highest BCUT2D eigenvalue weighted by Crippen LogP contribution is 2.37. The molecule has 7 heteroatoms. The molecule has 2 aromatic carbocycles. The summed E-state index contributed by atoms with van der Waals surface area (Å²) in [6, 6.07) is 12.4. The van der Waals surface area contributed by atoms with Gasteiger partial charge in [-0.05, 0) is 46.8 Å². The molecule has 1 aliphatic rings. The topological polar surface area (TPSA) is 49.7 Å². The van der Waals surface area contributed by atoms with Crippen LogP contribution in [0.1, 0.15) is 34.6 Å². The number of rotatable bonds is 4. The second-order valence-corrected chi connectivity index (χ2v) is 8.42. The standard InChI is InChI=1S/C23H25BFNO4/c1-6-28-18-14-26(15-10-8-7-9-11-15)21(27)19-16(18)12-13-17(20(19)25)24-29-22(2,3)23(4,5)30-24/h7-14H,6H2,1-5H3. The molecule has 0 saturated carbocycles. The summed E-state index contributed by atoms with van der Waals surface area (Å²) in [4.78, 5) is 13.3. The van der Waals surface area contributed by atoms with E-state index in [9.17, 15) is 4.79 Å². The van der Waals surface area contributed by atoms with E-state index in [1.54, 1.807) is 30.5 Å². The second-order valence-electron chi connectivity index (χ2n) is 8.42. The van der Waals surface area contributed by atoms with Crippen LogP contribution in [-0.2, 0) is 9.31 Å². The van der Waals surface area contributed by atoms with Crippen molar-refractivity contribution in [3.8, 4) is 11.4 Å². The predicted molar refractivity (Wildman–Crippen MR) is 116 cm³/mol. The van der Waals surface area contributed by atoms with Crippen molar-refractivity contribution in [1.82, 2.24) is 4.57 Å². The monoisotopic (exact) mass is 409 g/mol. The summed E-state index contributed by atoms with van der Waals surface area (Å²) >= 11 is 0. The lowest BCUT2D eigenvalue weighted by molar-refractivity contribution is 0.00578. The zero-order chi connectivity index (χ0) is 21.7. The van der Waals surface area contributed by atoms with Gasteiger partial charge in [0.05, 0.1) is 29.4 Å². The van der Waals surface area contributed by atoms with E-state index in [1.165, 1.54) is 4.57 Å². The third kappa shape index (κ3) is 3.22. The maximum Gasteiger partial charge on any atom is 0.497 e. The number of para-hydroxylation sites is 1. The van der Waals surface area contributed by atoms with Crippen LogP contribution in [0.4, 0.5) is 4.39 Å². The number of aromatic nitrogens is 1. The Morgan fingerprint density at radius 3 is 2.27 bits per heavy atom. The molecule has 30 heavy (non-hydrogen) atoms. The van der Waals surface area contributed by atoms with Crippen molar-refractivity contribution in [2.45, 2.75) is 45.8 Å². The number of benzene rings is 2. The molecular weight excluding hydrogens is 384 g/mol. The van der Waals surface area contributed by atoms with Crippen LogP contribution in [-0.4, -0.2) is 29.5 Å². The van der Waals surface area contributed by atoms with Crippen LogP contribution in [0.3, 0.4) is 0 Å². The van der Waals surface area contributed by atoms with Crippen LogP contribution in [0, 0.1) is 5.82 Å². The quantitative estimate of drug-likeness (QED) is 0.615. The summed E-state index contributed by atoms with van der Waals surface area (Å²) in [5, 5.41) is 0.379. The zero-order valence-corrected chi connectivity index (χ0v) is 17.9. The van der Waals surface area contributed by atoms with Gasteiger partial charge in [-0.2, -0.15) is 0 Å². The maximum atomic E-state index is 15.8. The predicted octanol–water partition coefficient (Wildman–Crippen LogP) is 3.83. The van der Waals surface area contributed by atoms with E-state index < -0.39 is 29.7 Å². The van der Waals surface area contributed by atoms with E-state index in [0.717, 1.165) is 0 Å². The SMILES string of the molecule is CCOc1cn(-c2ccccc2)c(=O)c2c(F)c(B3OC(C)(C)C(C)(C)O3)ccc12. The molecule has 0 bridgehead atoms. The molecule has 0 atom stereocenters. The van der Waals surface area contributed by atoms with Crippen molar-refractivity contribution in [3.63, 3.8) is 0 Å². The minimum absolute atomic E-state index is 0.0444. The van der Waals surface area contributed by atoms with Crippen LogP contribution in [0.5, 0.6) is 5.75 Å². The number of fused-ring (bicyclic) bond motifs is 1. The molecule has 1 fully saturated rings. The Hall–Kier alpha value is -2.64. The molecule has 0 unspecified atom stereocenters. The number of halogens is 1. The van der Waals surface area contributed by atoms with Gasteiger partial charge in [-0.3, -0.25) is 9.36 Å². The van der Waals surface area contributed by atoms with Gasteiger partial charge in [0.25, 0.3) is 5.56 Å². The Bertz CT molecular complexity index is 1140. The van der Waals surface area contributed by atoms with Crippen LogP contribution in [0.2, 0.25) is 0 Å². The van der Waals surface area contributed by atoms with E-state index in [4.69, 9.17) is 14.0 Å². The third-order valence-corrected chi connectivity index (χ3v) is 5.96. The molecule has 1 aromatic heterocycles. The van der Waals surface area contributed by atoms with Crippen LogP contribution in [0.15, 0.2) is 53.5 Å². The average Bonchev–Trinajstić information content (AvgIpc) is 2.91. The van der Waals surface area contributed by atoms with Crippen LogP contribution < -0.4 is 15.8 Å². The molecule has 1 aliphatic heterocycles. The first-order chi connectivity index (χ1) is 14.2. The maximum absolute atomic E-state index is 15.8. The Balaban J connectivity index is 1.95. The summed E-state index contributed by atoms with van der Waals surface area (Å²) in [6.07, 6.45) is 1.61. The Labute approximate surface area is 175 Å². The fourth-order valence-electron chi connectivity index (χ4n) is 3.58. The minimum atomic E-state index is -0.903. The number of hydrogen-bond acceptors (Lipinski definition) is 4. The third-order valence-electron chi connectivity index (χ3n) is 5.96. The van der Waals surface area contributed by atoms with Crippen molar-refractivity contribution in [2.75, 3.05) is 6.61 Å². The first-order valence-corrected chi connectivity index (χ1v) is 10.1.